The van der Waals surface area contributed by atoms with E-state index < -0.39 is 17.7 Å². The van der Waals surface area contributed by atoms with Crippen LogP contribution in [-0.4, -0.2) is 16.3 Å². The molecule has 1 aromatic rings. The highest BCUT2D eigenvalue weighted by Crippen LogP contribution is 2.30. The van der Waals surface area contributed by atoms with Crippen LogP contribution in [0.5, 0.6) is 0 Å². The smallest absolute Gasteiger partial charge is 0.416 e. The van der Waals surface area contributed by atoms with Gasteiger partial charge in [0.2, 0.25) is 0 Å². The molecule has 6 heteroatoms. The summed E-state index contributed by atoms with van der Waals surface area (Å²) in [4.78, 5) is 10.4. The summed E-state index contributed by atoms with van der Waals surface area (Å²) < 4.78 is 36.9. The second-order valence-corrected chi connectivity index (χ2v) is 5.34. The topological polar surface area (TPSA) is 37.3 Å². The van der Waals surface area contributed by atoms with E-state index in [2.05, 4.69) is 0 Å². The van der Waals surface area contributed by atoms with Crippen molar-refractivity contribution in [3.63, 3.8) is 0 Å². The van der Waals surface area contributed by atoms with Crippen LogP contribution in [-0.2, 0) is 16.7 Å². The molecule has 0 aromatic heterocycles. The van der Waals surface area contributed by atoms with Crippen molar-refractivity contribution >= 4 is 17.7 Å². The zero-order chi connectivity index (χ0) is 13.8. The number of carbonyl (C=O) groups is 1. The van der Waals surface area contributed by atoms with Crippen LogP contribution in [0.3, 0.4) is 0 Å². The predicted molar refractivity (Wildman–Crippen MR) is 64.5 cm³/mol. The van der Waals surface area contributed by atoms with Crippen molar-refractivity contribution in [3.8, 4) is 0 Å². The molecule has 1 aromatic carbocycles. The molecule has 0 saturated heterocycles. The molecule has 1 N–H and O–H groups in total. The van der Waals surface area contributed by atoms with Gasteiger partial charge < -0.3 is 5.11 Å². The molecule has 2 nitrogen and oxygen atoms in total. The third-order valence-electron chi connectivity index (χ3n) is 2.28. The van der Waals surface area contributed by atoms with E-state index in [4.69, 9.17) is 5.11 Å². The Kier molecular flexibility index (Phi) is 5.07. The van der Waals surface area contributed by atoms with Gasteiger partial charge in [0.05, 0.1) is 12.0 Å². The van der Waals surface area contributed by atoms with Crippen molar-refractivity contribution in [2.75, 3.05) is 0 Å². The van der Waals surface area contributed by atoms with E-state index in [1.54, 1.807) is 6.92 Å². The van der Waals surface area contributed by atoms with E-state index in [0.29, 0.717) is 5.75 Å². The maximum atomic E-state index is 12.3. The maximum absolute atomic E-state index is 12.3. The molecule has 18 heavy (non-hydrogen) atoms. The largest absolute Gasteiger partial charge is 0.481 e. The first kappa shape index (κ1) is 14.9. The molecule has 0 aliphatic rings. The second kappa shape index (κ2) is 6.13. The van der Waals surface area contributed by atoms with Crippen LogP contribution in [0.2, 0.25) is 0 Å². The Balaban J connectivity index is 2.52. The first-order valence-electron chi connectivity index (χ1n) is 5.28. The van der Waals surface area contributed by atoms with E-state index in [1.807, 2.05) is 0 Å². The highest BCUT2D eigenvalue weighted by molar-refractivity contribution is 7.99. The zero-order valence-corrected chi connectivity index (χ0v) is 10.5. The van der Waals surface area contributed by atoms with Crippen molar-refractivity contribution in [2.24, 2.45) is 0 Å². The molecule has 0 heterocycles. The van der Waals surface area contributed by atoms with Gasteiger partial charge >= 0.3 is 12.1 Å². The second-order valence-electron chi connectivity index (χ2n) is 3.91. The summed E-state index contributed by atoms with van der Waals surface area (Å²) in [5, 5.41) is 8.50. The first-order chi connectivity index (χ1) is 8.29. The zero-order valence-electron chi connectivity index (χ0n) is 9.70. The van der Waals surface area contributed by atoms with Gasteiger partial charge in [0.25, 0.3) is 0 Å². The van der Waals surface area contributed by atoms with Crippen LogP contribution in [0.4, 0.5) is 13.2 Å². The van der Waals surface area contributed by atoms with Crippen LogP contribution in [0.15, 0.2) is 24.3 Å². The molecular formula is C12H13F3O2S. The molecule has 0 aliphatic heterocycles. The van der Waals surface area contributed by atoms with Crippen LogP contribution in [0, 0.1) is 0 Å². The van der Waals surface area contributed by atoms with Gasteiger partial charge in [-0.05, 0) is 17.7 Å². The van der Waals surface area contributed by atoms with Crippen molar-refractivity contribution < 1.29 is 23.1 Å². The SMILES string of the molecule is CC(CC(=O)O)SCc1ccc(C(F)(F)F)cc1. The molecule has 0 saturated carbocycles. The number of thioether (sulfide) groups is 1. The Morgan fingerprint density at radius 1 is 1.33 bits per heavy atom. The minimum Gasteiger partial charge on any atom is -0.481 e. The van der Waals surface area contributed by atoms with Gasteiger partial charge in [-0.3, -0.25) is 4.79 Å². The summed E-state index contributed by atoms with van der Waals surface area (Å²) in [5.74, 6) is -0.366. The van der Waals surface area contributed by atoms with Gasteiger partial charge in [-0.15, -0.1) is 0 Å². The average molecular weight is 278 g/mol. The van der Waals surface area contributed by atoms with Gasteiger partial charge in [-0.2, -0.15) is 24.9 Å². The minimum atomic E-state index is -4.32. The molecular weight excluding hydrogens is 265 g/mol. The van der Waals surface area contributed by atoms with Crippen LogP contribution < -0.4 is 0 Å². The molecule has 1 atom stereocenters. The Hall–Kier alpha value is -1.17. The van der Waals surface area contributed by atoms with Crippen LogP contribution in [0.1, 0.15) is 24.5 Å². The van der Waals surface area contributed by atoms with Crippen LogP contribution >= 0.6 is 11.8 Å². The fourth-order valence-corrected chi connectivity index (χ4v) is 2.26. The quantitative estimate of drug-likeness (QED) is 0.890. The van der Waals surface area contributed by atoms with Gasteiger partial charge in [0, 0.05) is 11.0 Å². The lowest BCUT2D eigenvalue weighted by molar-refractivity contribution is -0.138. The highest BCUT2D eigenvalue weighted by Gasteiger charge is 2.29. The van der Waals surface area contributed by atoms with Gasteiger partial charge in [-0.25, -0.2) is 0 Å². The van der Waals surface area contributed by atoms with Crippen molar-refractivity contribution in [3.05, 3.63) is 35.4 Å². The van der Waals surface area contributed by atoms with Crippen molar-refractivity contribution in [1.82, 2.24) is 0 Å². The van der Waals surface area contributed by atoms with Crippen LogP contribution in [0.25, 0.3) is 0 Å². The predicted octanol–water partition coefficient (Wildman–Crippen LogP) is 3.80. The summed E-state index contributed by atoms with van der Waals surface area (Å²) in [6.45, 7) is 1.78. The van der Waals surface area contributed by atoms with Crippen molar-refractivity contribution in [1.29, 1.82) is 0 Å². The summed E-state index contributed by atoms with van der Waals surface area (Å²) in [7, 11) is 0. The molecule has 1 rings (SSSR count). The highest BCUT2D eigenvalue weighted by atomic mass is 32.2. The number of alkyl halides is 3. The average Bonchev–Trinajstić information content (AvgIpc) is 2.25. The number of halogens is 3. The van der Waals surface area contributed by atoms with Gasteiger partial charge in [0.1, 0.15) is 0 Å². The fraction of sp³-hybridized carbons (Fsp3) is 0.417. The molecule has 0 fully saturated rings. The molecule has 0 radical (unpaired) electrons. The number of carboxylic acid groups (broad SMARTS) is 1. The number of aliphatic carboxylic acids is 1. The maximum Gasteiger partial charge on any atom is 0.416 e. The lowest BCUT2D eigenvalue weighted by Gasteiger charge is -2.10. The Morgan fingerprint density at radius 2 is 1.89 bits per heavy atom. The molecule has 0 spiro atoms. The molecule has 1 unspecified atom stereocenters. The number of hydrogen-bond donors (Lipinski definition) is 1. The number of rotatable bonds is 5. The fourth-order valence-electron chi connectivity index (χ4n) is 1.33. The van der Waals surface area contributed by atoms with E-state index in [-0.39, 0.29) is 11.7 Å². The molecule has 0 bridgehead atoms. The van der Waals surface area contributed by atoms with E-state index >= 15 is 0 Å². The van der Waals surface area contributed by atoms with E-state index in [0.717, 1.165) is 17.7 Å². The third kappa shape index (κ3) is 5.00. The summed E-state index contributed by atoms with van der Waals surface area (Å²) in [6, 6.07) is 4.92. The monoisotopic (exact) mass is 278 g/mol. The molecule has 0 amide bonds. The Labute approximate surface area is 107 Å². The Bertz CT molecular complexity index is 401. The lowest BCUT2D eigenvalue weighted by Crippen LogP contribution is -2.06. The number of hydrogen-bond acceptors (Lipinski definition) is 2. The summed E-state index contributed by atoms with van der Waals surface area (Å²) in [5.41, 5.74) is 0.0834. The lowest BCUT2D eigenvalue weighted by atomic mass is 10.1. The number of benzene rings is 1. The van der Waals surface area contributed by atoms with Gasteiger partial charge in [-0.1, -0.05) is 19.1 Å². The van der Waals surface area contributed by atoms with E-state index in [9.17, 15) is 18.0 Å². The Morgan fingerprint density at radius 3 is 2.33 bits per heavy atom. The standard InChI is InChI=1S/C12H13F3O2S/c1-8(6-11(16)17)18-7-9-2-4-10(5-3-9)12(13,14)15/h2-5,8H,6-7H2,1H3,(H,16,17). The van der Waals surface area contributed by atoms with E-state index in [1.165, 1.54) is 23.9 Å². The summed E-state index contributed by atoms with van der Waals surface area (Å²) >= 11 is 1.41. The van der Waals surface area contributed by atoms with Crippen molar-refractivity contribution in [2.45, 2.75) is 30.5 Å². The molecule has 0 aliphatic carbocycles. The number of carboxylic acids is 1. The summed E-state index contributed by atoms with van der Waals surface area (Å²) in [6.07, 6.45) is -4.27. The normalized spacial score (nSPS) is 13.3. The first-order valence-corrected chi connectivity index (χ1v) is 6.33. The third-order valence-corrected chi connectivity index (χ3v) is 3.51. The minimum absolute atomic E-state index is 0.0469. The molecule has 100 valence electrons. The van der Waals surface area contributed by atoms with Gasteiger partial charge in [0.15, 0.2) is 0 Å².